The molecule has 1 heterocycles. The summed E-state index contributed by atoms with van der Waals surface area (Å²) in [6.07, 6.45) is 1.35. The van der Waals surface area contributed by atoms with Gasteiger partial charge in [0.15, 0.2) is 0 Å². The molecule has 1 aliphatic carbocycles. The molecule has 0 amide bonds. The molecule has 0 spiro atoms. The first-order chi connectivity index (χ1) is 11.5. The number of hydrogen-bond acceptors (Lipinski definition) is 2. The van der Waals surface area contributed by atoms with Crippen LogP contribution in [0.5, 0.6) is 0 Å². The van der Waals surface area contributed by atoms with Crippen molar-refractivity contribution in [2.75, 3.05) is 0 Å². The van der Waals surface area contributed by atoms with E-state index in [1.165, 1.54) is 18.2 Å². The Hall–Kier alpha value is -2.49. The van der Waals surface area contributed by atoms with Crippen molar-refractivity contribution in [3.8, 4) is 11.5 Å². The van der Waals surface area contributed by atoms with Crippen molar-refractivity contribution >= 4 is 0 Å². The zero-order chi connectivity index (χ0) is 16.9. The first-order valence-corrected chi connectivity index (χ1v) is 7.96. The normalized spacial score (nSPS) is 19.5. The van der Waals surface area contributed by atoms with Gasteiger partial charge in [0.05, 0.1) is 5.69 Å². The highest BCUT2D eigenvalue weighted by atomic mass is 19.1. The molecule has 1 aliphatic rings. The molecule has 3 aromatic rings. The van der Waals surface area contributed by atoms with Gasteiger partial charge >= 0.3 is 0 Å². The number of hydrogen-bond donors (Lipinski definition) is 0. The third kappa shape index (κ3) is 2.33. The van der Waals surface area contributed by atoms with E-state index in [1.807, 2.05) is 13.0 Å². The van der Waals surface area contributed by atoms with Crippen molar-refractivity contribution in [1.29, 1.82) is 0 Å². The molecule has 122 valence electrons. The summed E-state index contributed by atoms with van der Waals surface area (Å²) in [5.74, 6) is 0.745. The first-order valence-electron chi connectivity index (χ1n) is 7.96. The molecule has 0 N–H and O–H groups in total. The second-order valence-corrected chi connectivity index (χ2v) is 6.73. The van der Waals surface area contributed by atoms with Crippen LogP contribution in [0.3, 0.4) is 0 Å². The Balaban J connectivity index is 1.68. The number of fused-ring (bicyclic) bond motifs is 1. The van der Waals surface area contributed by atoms with Gasteiger partial charge in [-0.25, -0.2) is 13.8 Å². The molecule has 2 nitrogen and oxygen atoms in total. The second kappa shape index (κ2) is 5.26. The highest BCUT2D eigenvalue weighted by molar-refractivity contribution is 5.54. The van der Waals surface area contributed by atoms with E-state index in [2.05, 4.69) is 11.9 Å². The first kappa shape index (κ1) is 15.1. The maximum absolute atomic E-state index is 13.9. The molecule has 0 aliphatic heterocycles. The number of nitrogens with zero attached hydrogens (tertiary/aromatic N) is 1. The molecule has 0 bridgehead atoms. The molecule has 1 unspecified atom stereocenters. The van der Waals surface area contributed by atoms with Crippen LogP contribution >= 0.6 is 0 Å². The average molecular weight is 325 g/mol. The molecule has 0 fully saturated rings. The molecule has 0 saturated heterocycles. The van der Waals surface area contributed by atoms with Crippen LogP contribution in [0.2, 0.25) is 0 Å². The topological polar surface area (TPSA) is 26.0 Å². The van der Waals surface area contributed by atoms with Gasteiger partial charge in [-0.1, -0.05) is 25.1 Å². The molecule has 1 aromatic heterocycles. The monoisotopic (exact) mass is 325 g/mol. The molecule has 4 heteroatoms. The minimum Gasteiger partial charge on any atom is -0.441 e. The third-order valence-electron chi connectivity index (χ3n) is 4.88. The van der Waals surface area contributed by atoms with Gasteiger partial charge < -0.3 is 4.42 Å². The summed E-state index contributed by atoms with van der Waals surface area (Å²) < 4.78 is 33.2. The van der Waals surface area contributed by atoms with E-state index in [4.69, 9.17) is 4.42 Å². The van der Waals surface area contributed by atoms with Crippen molar-refractivity contribution in [3.63, 3.8) is 0 Å². The lowest BCUT2D eigenvalue weighted by molar-refractivity contribution is 0.438. The largest absolute Gasteiger partial charge is 0.441 e. The van der Waals surface area contributed by atoms with Crippen LogP contribution in [0, 0.1) is 18.6 Å². The Morgan fingerprint density at radius 2 is 1.88 bits per heavy atom. The third-order valence-corrected chi connectivity index (χ3v) is 4.88. The Labute approximate surface area is 139 Å². The zero-order valence-electron chi connectivity index (χ0n) is 13.6. The SMILES string of the molecule is Cc1c(F)cccc1C1(C)Cc2nc(-c3cccc(F)c3)oc2C1. The quantitative estimate of drug-likeness (QED) is 0.664. The van der Waals surface area contributed by atoms with Crippen molar-refractivity contribution < 1.29 is 13.2 Å². The average Bonchev–Trinajstić information content (AvgIpc) is 3.05. The van der Waals surface area contributed by atoms with Gasteiger partial charge in [0.25, 0.3) is 0 Å². The standard InChI is InChI=1S/C20H17F2NO/c1-12-15(7-4-8-16(12)22)20(2)10-17-18(11-20)24-19(23-17)13-5-3-6-14(21)9-13/h3-9H,10-11H2,1-2H3. The summed E-state index contributed by atoms with van der Waals surface area (Å²) >= 11 is 0. The summed E-state index contributed by atoms with van der Waals surface area (Å²) in [5.41, 5.74) is 2.94. The van der Waals surface area contributed by atoms with E-state index in [1.54, 1.807) is 18.2 Å². The summed E-state index contributed by atoms with van der Waals surface area (Å²) in [4.78, 5) is 4.55. The second-order valence-electron chi connectivity index (χ2n) is 6.73. The lowest BCUT2D eigenvalue weighted by Gasteiger charge is -2.26. The number of rotatable bonds is 2. The Bertz CT molecular complexity index is 906. The van der Waals surface area contributed by atoms with Crippen molar-refractivity contribution in [2.24, 2.45) is 0 Å². The molecule has 2 aromatic carbocycles. The Morgan fingerprint density at radius 1 is 1.08 bits per heavy atom. The fourth-order valence-electron chi connectivity index (χ4n) is 3.64. The maximum Gasteiger partial charge on any atom is 0.226 e. The highest BCUT2D eigenvalue weighted by Gasteiger charge is 2.39. The van der Waals surface area contributed by atoms with Gasteiger partial charge in [0.2, 0.25) is 5.89 Å². The fraction of sp³-hybridized carbons (Fsp3) is 0.250. The molecule has 0 radical (unpaired) electrons. The fourth-order valence-corrected chi connectivity index (χ4v) is 3.64. The van der Waals surface area contributed by atoms with Crippen LogP contribution in [0.1, 0.15) is 29.5 Å². The van der Waals surface area contributed by atoms with Crippen LogP contribution < -0.4 is 0 Å². The summed E-state index contributed by atoms with van der Waals surface area (Å²) in [5, 5.41) is 0. The Morgan fingerprint density at radius 3 is 2.62 bits per heavy atom. The van der Waals surface area contributed by atoms with Gasteiger partial charge in [-0.05, 0) is 42.3 Å². The van der Waals surface area contributed by atoms with Gasteiger partial charge in [0, 0.05) is 23.8 Å². The maximum atomic E-state index is 13.9. The van der Waals surface area contributed by atoms with E-state index in [0.717, 1.165) is 17.0 Å². The van der Waals surface area contributed by atoms with Crippen LogP contribution in [0.25, 0.3) is 11.5 Å². The molecule has 24 heavy (non-hydrogen) atoms. The van der Waals surface area contributed by atoms with Crippen LogP contribution in [-0.4, -0.2) is 4.98 Å². The van der Waals surface area contributed by atoms with Gasteiger partial charge in [-0.2, -0.15) is 0 Å². The van der Waals surface area contributed by atoms with Gasteiger partial charge in [-0.3, -0.25) is 0 Å². The van der Waals surface area contributed by atoms with Crippen molar-refractivity contribution in [3.05, 3.63) is 76.7 Å². The number of aromatic nitrogens is 1. The van der Waals surface area contributed by atoms with Gasteiger partial charge in [-0.15, -0.1) is 0 Å². The lowest BCUT2D eigenvalue weighted by atomic mass is 9.78. The van der Waals surface area contributed by atoms with Crippen LogP contribution in [0.15, 0.2) is 46.9 Å². The molecular formula is C20H17F2NO. The molecule has 1 atom stereocenters. The minimum absolute atomic E-state index is 0.189. The predicted octanol–water partition coefficient (Wildman–Crippen LogP) is 4.98. The van der Waals surface area contributed by atoms with Crippen molar-refractivity contribution in [2.45, 2.75) is 32.1 Å². The lowest BCUT2D eigenvalue weighted by Crippen LogP contribution is -2.24. The molecule has 0 saturated carbocycles. The number of halogens is 2. The van der Waals surface area contributed by atoms with Gasteiger partial charge in [0.1, 0.15) is 17.4 Å². The molecular weight excluding hydrogens is 308 g/mol. The predicted molar refractivity (Wildman–Crippen MR) is 87.8 cm³/mol. The van der Waals surface area contributed by atoms with Crippen LogP contribution in [-0.2, 0) is 18.3 Å². The van der Waals surface area contributed by atoms with E-state index >= 15 is 0 Å². The van der Waals surface area contributed by atoms with E-state index in [0.29, 0.717) is 29.9 Å². The van der Waals surface area contributed by atoms with E-state index in [9.17, 15) is 8.78 Å². The van der Waals surface area contributed by atoms with Crippen LogP contribution in [0.4, 0.5) is 8.78 Å². The summed E-state index contributed by atoms with van der Waals surface area (Å²) in [7, 11) is 0. The van der Waals surface area contributed by atoms with E-state index < -0.39 is 0 Å². The van der Waals surface area contributed by atoms with E-state index in [-0.39, 0.29) is 17.0 Å². The minimum atomic E-state index is -0.314. The number of benzene rings is 2. The smallest absolute Gasteiger partial charge is 0.226 e. The van der Waals surface area contributed by atoms with Crippen molar-refractivity contribution in [1.82, 2.24) is 4.98 Å². The Kier molecular flexibility index (Phi) is 3.30. The summed E-state index contributed by atoms with van der Waals surface area (Å²) in [6.45, 7) is 3.91. The molecule has 4 rings (SSSR count). The highest BCUT2D eigenvalue weighted by Crippen LogP contribution is 2.42. The summed E-state index contributed by atoms with van der Waals surface area (Å²) in [6, 6.07) is 11.4. The number of oxazole rings is 1. The zero-order valence-corrected chi connectivity index (χ0v) is 13.6.